The van der Waals surface area contributed by atoms with Crippen LogP contribution >= 0.6 is 0 Å². The fourth-order valence-electron chi connectivity index (χ4n) is 1.90. The zero-order valence-corrected chi connectivity index (χ0v) is 16.5. The molecule has 0 aliphatic heterocycles. The van der Waals surface area contributed by atoms with Gasteiger partial charge in [-0.3, -0.25) is 14.9 Å². The molecule has 0 fully saturated rings. The Labute approximate surface area is 163 Å². The first-order chi connectivity index (χ1) is 13.5. The number of nitrogens with zero attached hydrogens (tertiary/aromatic N) is 2. The van der Waals surface area contributed by atoms with Crippen molar-refractivity contribution in [1.82, 2.24) is 0 Å². The van der Waals surface area contributed by atoms with E-state index in [1.165, 1.54) is 24.3 Å². The summed E-state index contributed by atoms with van der Waals surface area (Å²) in [7, 11) is 3.10. The number of benzene rings is 2. The first kappa shape index (κ1) is 24.5. The van der Waals surface area contributed by atoms with Crippen molar-refractivity contribution >= 4 is 17.2 Å². The lowest BCUT2D eigenvalue weighted by molar-refractivity contribution is -0.384. The van der Waals surface area contributed by atoms with Gasteiger partial charge in [0.05, 0.1) is 19.1 Å². The summed E-state index contributed by atoms with van der Waals surface area (Å²) >= 11 is 0. The van der Waals surface area contributed by atoms with E-state index in [-0.39, 0.29) is 17.2 Å². The van der Waals surface area contributed by atoms with E-state index < -0.39 is 4.92 Å². The molecule has 150 valence electrons. The molecule has 0 aliphatic carbocycles. The number of hydrogen-bond donors (Lipinski definition) is 0. The van der Waals surface area contributed by atoms with Gasteiger partial charge >= 0.3 is 0 Å². The Bertz CT molecular complexity index is 818. The van der Waals surface area contributed by atoms with E-state index in [9.17, 15) is 19.8 Å². The van der Waals surface area contributed by atoms with E-state index in [2.05, 4.69) is 5.18 Å². The van der Waals surface area contributed by atoms with Crippen LogP contribution in [0.4, 0.5) is 11.4 Å². The van der Waals surface area contributed by atoms with Gasteiger partial charge in [-0.25, -0.2) is 0 Å². The Morgan fingerprint density at radius 2 is 1.71 bits per heavy atom. The predicted molar refractivity (Wildman–Crippen MR) is 109 cm³/mol. The lowest BCUT2D eigenvalue weighted by atomic mass is 10.1. The van der Waals surface area contributed by atoms with E-state index in [0.29, 0.717) is 17.1 Å². The maximum atomic E-state index is 11.5. The molecule has 0 saturated heterocycles. The summed E-state index contributed by atoms with van der Waals surface area (Å²) in [6.45, 7) is 5.80. The first-order valence-electron chi connectivity index (χ1n) is 8.43. The number of nitro groups is 1. The molecule has 0 N–H and O–H groups in total. The number of ketones is 1. The highest BCUT2D eigenvalue weighted by Crippen LogP contribution is 2.27. The fourth-order valence-corrected chi connectivity index (χ4v) is 1.90. The highest BCUT2D eigenvalue weighted by molar-refractivity contribution is 6.04. The minimum atomic E-state index is -0.575. The van der Waals surface area contributed by atoms with Gasteiger partial charge in [0.1, 0.15) is 5.69 Å². The van der Waals surface area contributed by atoms with Gasteiger partial charge in [0.15, 0.2) is 17.3 Å². The number of allylic oxidation sites excluding steroid dienone is 2. The molecule has 0 saturated carbocycles. The molecule has 0 atom stereocenters. The average molecular weight is 388 g/mol. The maximum Gasteiger partial charge on any atom is 0.271 e. The SMILES string of the molecule is C/C=C/C(=O)c1ccc(OC)c(OC)c1.CC.O=Nc1cccc([N+](=O)[O-])c1. The normalized spacial score (nSPS) is 9.32. The van der Waals surface area contributed by atoms with Crippen LogP contribution in [0.2, 0.25) is 0 Å². The molecule has 8 heteroatoms. The molecule has 0 unspecified atom stereocenters. The number of non-ortho nitro benzene ring substituents is 1. The number of carbonyl (C=O) groups is 1. The van der Waals surface area contributed by atoms with Crippen molar-refractivity contribution in [3.63, 3.8) is 0 Å². The molecule has 0 aliphatic rings. The Hall–Kier alpha value is -3.55. The maximum absolute atomic E-state index is 11.5. The average Bonchev–Trinajstić information content (AvgIpc) is 2.75. The number of methoxy groups -OCH3 is 2. The third-order valence-corrected chi connectivity index (χ3v) is 3.13. The molecule has 8 nitrogen and oxygen atoms in total. The van der Waals surface area contributed by atoms with Crippen molar-refractivity contribution in [2.24, 2.45) is 5.18 Å². The summed E-state index contributed by atoms with van der Waals surface area (Å²) < 4.78 is 10.2. The van der Waals surface area contributed by atoms with Crippen molar-refractivity contribution in [3.8, 4) is 11.5 Å². The number of hydrogen-bond acceptors (Lipinski definition) is 7. The van der Waals surface area contributed by atoms with Crippen LogP contribution in [-0.2, 0) is 0 Å². The Morgan fingerprint density at radius 3 is 2.21 bits per heavy atom. The third kappa shape index (κ3) is 7.77. The van der Waals surface area contributed by atoms with Crippen molar-refractivity contribution < 1.29 is 19.2 Å². The van der Waals surface area contributed by atoms with E-state index in [1.54, 1.807) is 45.4 Å². The molecule has 0 spiro atoms. The first-order valence-corrected chi connectivity index (χ1v) is 8.43. The van der Waals surface area contributed by atoms with E-state index in [1.807, 2.05) is 13.8 Å². The number of carbonyl (C=O) groups excluding carboxylic acids is 1. The van der Waals surface area contributed by atoms with Crippen LogP contribution in [0.5, 0.6) is 11.5 Å². The summed E-state index contributed by atoms with van der Waals surface area (Å²) in [5.74, 6) is 1.14. The second-order valence-electron chi connectivity index (χ2n) is 4.80. The molecular weight excluding hydrogens is 364 g/mol. The van der Waals surface area contributed by atoms with Gasteiger partial charge in [0, 0.05) is 17.7 Å². The summed E-state index contributed by atoms with van der Waals surface area (Å²) in [4.78, 5) is 31.0. The highest BCUT2D eigenvalue weighted by Gasteiger charge is 2.08. The molecular formula is C20H24N2O6. The Morgan fingerprint density at radius 1 is 1.07 bits per heavy atom. The molecule has 28 heavy (non-hydrogen) atoms. The minimum Gasteiger partial charge on any atom is -0.493 e. The monoisotopic (exact) mass is 388 g/mol. The molecule has 2 rings (SSSR count). The van der Waals surface area contributed by atoms with Crippen LogP contribution in [0, 0.1) is 15.0 Å². The van der Waals surface area contributed by atoms with Crippen molar-refractivity contribution in [3.05, 3.63) is 75.2 Å². The van der Waals surface area contributed by atoms with Crippen LogP contribution in [0.1, 0.15) is 31.1 Å². The Balaban J connectivity index is 0.000000497. The summed E-state index contributed by atoms with van der Waals surface area (Å²) in [5.41, 5.74) is 0.534. The predicted octanol–water partition coefficient (Wildman–Crippen LogP) is 5.48. The van der Waals surface area contributed by atoms with Crippen LogP contribution < -0.4 is 9.47 Å². The van der Waals surface area contributed by atoms with E-state index in [4.69, 9.17) is 9.47 Å². The zero-order chi connectivity index (χ0) is 21.5. The molecule has 0 amide bonds. The lowest BCUT2D eigenvalue weighted by Crippen LogP contribution is -1.97. The molecule has 0 aromatic heterocycles. The highest BCUT2D eigenvalue weighted by atomic mass is 16.6. The molecule has 2 aromatic carbocycles. The molecule has 0 bridgehead atoms. The van der Waals surface area contributed by atoms with Crippen molar-refractivity contribution in [1.29, 1.82) is 0 Å². The van der Waals surface area contributed by atoms with Crippen LogP contribution in [0.3, 0.4) is 0 Å². The number of rotatable bonds is 6. The molecule has 0 heterocycles. The summed E-state index contributed by atoms with van der Waals surface area (Å²) in [5, 5.41) is 12.7. The second kappa shape index (κ2) is 13.6. The quantitative estimate of drug-likeness (QED) is 0.213. The molecule has 2 aromatic rings. The van der Waals surface area contributed by atoms with Crippen molar-refractivity contribution in [2.75, 3.05) is 14.2 Å². The summed E-state index contributed by atoms with van der Waals surface area (Å²) in [6, 6.07) is 10.3. The minimum absolute atomic E-state index is 0.0431. The summed E-state index contributed by atoms with van der Waals surface area (Å²) in [6.07, 6.45) is 3.22. The van der Waals surface area contributed by atoms with Crippen molar-refractivity contribution in [2.45, 2.75) is 20.8 Å². The van der Waals surface area contributed by atoms with Gasteiger partial charge in [0.2, 0.25) is 0 Å². The zero-order valence-electron chi connectivity index (χ0n) is 16.5. The topological polar surface area (TPSA) is 108 Å². The van der Waals surface area contributed by atoms with Gasteiger partial charge < -0.3 is 9.47 Å². The van der Waals surface area contributed by atoms with E-state index >= 15 is 0 Å². The standard InChI is InChI=1S/C12H14O3.C6H4N2O3.C2H6/c1-4-5-10(13)9-6-7-11(14-2)12(8-9)15-3;9-7-5-2-1-3-6(4-5)8(10)11;1-2/h4-8H,1-3H3;1-4H;1-2H3/b5-4+;;. The molecule has 0 radical (unpaired) electrons. The van der Waals surface area contributed by atoms with Gasteiger partial charge in [-0.2, -0.15) is 0 Å². The van der Waals surface area contributed by atoms with E-state index in [0.717, 1.165) is 6.07 Å². The van der Waals surface area contributed by atoms with Crippen LogP contribution in [0.25, 0.3) is 0 Å². The van der Waals surface area contributed by atoms with Gasteiger partial charge in [-0.1, -0.05) is 26.0 Å². The Kier molecular flexibility index (Phi) is 11.9. The lowest BCUT2D eigenvalue weighted by Gasteiger charge is -2.07. The fraction of sp³-hybridized carbons (Fsp3) is 0.250. The smallest absolute Gasteiger partial charge is 0.271 e. The van der Waals surface area contributed by atoms with Gasteiger partial charge in [-0.15, -0.1) is 4.91 Å². The van der Waals surface area contributed by atoms with Gasteiger partial charge in [-0.05, 0) is 42.4 Å². The van der Waals surface area contributed by atoms with Gasteiger partial charge in [0.25, 0.3) is 5.69 Å². The third-order valence-electron chi connectivity index (χ3n) is 3.13. The number of ether oxygens (including phenoxy) is 2. The van der Waals surface area contributed by atoms with Crippen LogP contribution in [0.15, 0.2) is 59.8 Å². The largest absolute Gasteiger partial charge is 0.493 e. The second-order valence-corrected chi connectivity index (χ2v) is 4.80. The van der Waals surface area contributed by atoms with Crippen LogP contribution in [-0.4, -0.2) is 24.9 Å². The number of nitro benzene ring substituents is 1. The number of nitroso groups, excluding NO2 is 1.